The third kappa shape index (κ3) is 5.00. The molecule has 6 heteroatoms. The number of aliphatic hydroxyl groups excluding tert-OH is 1. The van der Waals surface area contributed by atoms with E-state index in [1.807, 2.05) is 19.9 Å². The summed E-state index contributed by atoms with van der Waals surface area (Å²) in [6, 6.07) is 7.52. The predicted molar refractivity (Wildman–Crippen MR) is 77.9 cm³/mol. The van der Waals surface area contributed by atoms with Gasteiger partial charge >= 0.3 is 0 Å². The molecule has 2 rings (SSSR count). The minimum absolute atomic E-state index is 0.101. The Morgan fingerprint density at radius 1 is 1.19 bits per heavy atom. The van der Waals surface area contributed by atoms with Crippen LogP contribution in [0.1, 0.15) is 11.4 Å². The van der Waals surface area contributed by atoms with Gasteiger partial charge in [0.15, 0.2) is 0 Å². The Kier molecular flexibility index (Phi) is 5.05. The van der Waals surface area contributed by atoms with Crippen molar-refractivity contribution in [3.63, 3.8) is 0 Å². The fourth-order valence-electron chi connectivity index (χ4n) is 1.80. The number of rotatable bonds is 6. The highest BCUT2D eigenvalue weighted by Crippen LogP contribution is 2.11. The number of nitrogens with zero attached hydrogens (tertiary/aromatic N) is 2. The zero-order valence-electron chi connectivity index (χ0n) is 12.0. The molecule has 1 unspecified atom stereocenters. The smallest absolute Gasteiger partial charge is 0.223 e. The summed E-state index contributed by atoms with van der Waals surface area (Å²) in [7, 11) is 0. The maximum atomic E-state index is 12.7. The van der Waals surface area contributed by atoms with Crippen LogP contribution < -0.4 is 10.1 Å². The number of hydrogen-bond donors (Lipinski definition) is 2. The standard InChI is InChI=1S/C15H18FN3O2/c1-10-7-11(2)19-15(18-10)17-8-13(20)9-21-14-5-3-12(16)4-6-14/h3-7,13,20H,8-9H2,1-2H3,(H,17,18,19). The number of aliphatic hydroxyl groups is 1. The number of ether oxygens (including phenoxy) is 1. The van der Waals surface area contributed by atoms with Crippen molar-refractivity contribution < 1.29 is 14.2 Å². The Hall–Kier alpha value is -2.21. The summed E-state index contributed by atoms with van der Waals surface area (Å²) in [6.07, 6.45) is -0.723. The molecule has 112 valence electrons. The van der Waals surface area contributed by atoms with E-state index < -0.39 is 6.10 Å². The van der Waals surface area contributed by atoms with E-state index in [2.05, 4.69) is 15.3 Å². The fourth-order valence-corrected chi connectivity index (χ4v) is 1.80. The second kappa shape index (κ2) is 6.99. The minimum atomic E-state index is -0.723. The lowest BCUT2D eigenvalue weighted by Crippen LogP contribution is -2.27. The molecule has 0 aliphatic carbocycles. The van der Waals surface area contributed by atoms with E-state index in [1.54, 1.807) is 0 Å². The van der Waals surface area contributed by atoms with Crippen molar-refractivity contribution in [2.75, 3.05) is 18.5 Å². The summed E-state index contributed by atoms with van der Waals surface area (Å²) in [5.74, 6) is 0.669. The van der Waals surface area contributed by atoms with Crippen LogP contribution in [0.15, 0.2) is 30.3 Å². The van der Waals surface area contributed by atoms with Crippen molar-refractivity contribution in [3.05, 3.63) is 47.5 Å². The van der Waals surface area contributed by atoms with Gasteiger partial charge in [-0.3, -0.25) is 0 Å². The maximum absolute atomic E-state index is 12.7. The van der Waals surface area contributed by atoms with Crippen LogP contribution in [0.2, 0.25) is 0 Å². The van der Waals surface area contributed by atoms with Gasteiger partial charge in [-0.15, -0.1) is 0 Å². The Morgan fingerprint density at radius 2 is 1.81 bits per heavy atom. The van der Waals surface area contributed by atoms with E-state index in [4.69, 9.17) is 4.74 Å². The van der Waals surface area contributed by atoms with Gasteiger partial charge in [0.25, 0.3) is 0 Å². The third-order valence-electron chi connectivity index (χ3n) is 2.73. The molecule has 0 amide bonds. The van der Waals surface area contributed by atoms with Crippen molar-refractivity contribution in [3.8, 4) is 5.75 Å². The molecule has 0 saturated carbocycles. The average molecular weight is 291 g/mol. The van der Waals surface area contributed by atoms with Crippen LogP contribution in [-0.2, 0) is 0 Å². The van der Waals surface area contributed by atoms with Crippen molar-refractivity contribution in [1.29, 1.82) is 0 Å². The van der Waals surface area contributed by atoms with Crippen LogP contribution in [0, 0.1) is 19.7 Å². The first kappa shape index (κ1) is 15.2. The van der Waals surface area contributed by atoms with Gasteiger partial charge in [0, 0.05) is 17.9 Å². The quantitative estimate of drug-likeness (QED) is 0.853. The van der Waals surface area contributed by atoms with Crippen molar-refractivity contribution in [2.45, 2.75) is 20.0 Å². The second-order valence-corrected chi connectivity index (χ2v) is 4.77. The Balaban J connectivity index is 1.79. The van der Waals surface area contributed by atoms with Gasteiger partial charge in [-0.05, 0) is 44.2 Å². The van der Waals surface area contributed by atoms with Gasteiger partial charge < -0.3 is 15.2 Å². The SMILES string of the molecule is Cc1cc(C)nc(NCC(O)COc2ccc(F)cc2)n1. The molecule has 0 radical (unpaired) electrons. The summed E-state index contributed by atoms with van der Waals surface area (Å²) >= 11 is 0. The molecule has 1 aromatic heterocycles. The normalized spacial score (nSPS) is 12.0. The van der Waals surface area contributed by atoms with Crippen LogP contribution >= 0.6 is 0 Å². The second-order valence-electron chi connectivity index (χ2n) is 4.77. The summed E-state index contributed by atoms with van der Waals surface area (Å²) < 4.78 is 18.1. The number of aromatic nitrogens is 2. The molecule has 0 bridgehead atoms. The molecular weight excluding hydrogens is 273 g/mol. The molecule has 0 fully saturated rings. The molecule has 0 aliphatic heterocycles. The predicted octanol–water partition coefficient (Wildman–Crippen LogP) is 2.08. The van der Waals surface area contributed by atoms with E-state index in [0.717, 1.165) is 11.4 Å². The molecule has 1 aromatic carbocycles. The molecule has 1 atom stereocenters. The summed E-state index contributed by atoms with van der Waals surface area (Å²) in [5.41, 5.74) is 1.73. The maximum Gasteiger partial charge on any atom is 0.223 e. The van der Waals surface area contributed by atoms with E-state index in [-0.39, 0.29) is 19.0 Å². The fraction of sp³-hybridized carbons (Fsp3) is 0.333. The van der Waals surface area contributed by atoms with Gasteiger partial charge in [0.1, 0.15) is 24.3 Å². The van der Waals surface area contributed by atoms with Crippen molar-refractivity contribution >= 4 is 5.95 Å². The topological polar surface area (TPSA) is 67.3 Å². The van der Waals surface area contributed by atoms with Crippen LogP contribution in [0.5, 0.6) is 5.75 Å². The zero-order chi connectivity index (χ0) is 15.2. The summed E-state index contributed by atoms with van der Waals surface area (Å²) in [4.78, 5) is 8.44. The van der Waals surface area contributed by atoms with E-state index in [1.165, 1.54) is 24.3 Å². The first-order valence-electron chi connectivity index (χ1n) is 6.65. The third-order valence-corrected chi connectivity index (χ3v) is 2.73. The lowest BCUT2D eigenvalue weighted by molar-refractivity contribution is 0.117. The Labute approximate surface area is 122 Å². The number of benzene rings is 1. The van der Waals surface area contributed by atoms with Gasteiger partial charge in [-0.1, -0.05) is 0 Å². The Bertz CT molecular complexity index is 570. The number of nitrogens with one attached hydrogen (secondary N) is 1. The minimum Gasteiger partial charge on any atom is -0.491 e. The monoisotopic (exact) mass is 291 g/mol. The van der Waals surface area contributed by atoms with Crippen LogP contribution in [-0.4, -0.2) is 34.3 Å². The van der Waals surface area contributed by atoms with Crippen LogP contribution in [0.3, 0.4) is 0 Å². The van der Waals surface area contributed by atoms with Gasteiger partial charge in [-0.2, -0.15) is 0 Å². The lowest BCUT2D eigenvalue weighted by atomic mass is 10.3. The Morgan fingerprint density at radius 3 is 2.43 bits per heavy atom. The molecule has 0 aliphatic rings. The van der Waals surface area contributed by atoms with Crippen molar-refractivity contribution in [2.24, 2.45) is 0 Å². The molecule has 0 spiro atoms. The number of anilines is 1. The molecule has 21 heavy (non-hydrogen) atoms. The van der Waals surface area contributed by atoms with Crippen molar-refractivity contribution in [1.82, 2.24) is 9.97 Å². The molecule has 2 N–H and O–H groups in total. The van der Waals surface area contributed by atoms with E-state index in [9.17, 15) is 9.50 Å². The van der Waals surface area contributed by atoms with Gasteiger partial charge in [0.2, 0.25) is 5.95 Å². The van der Waals surface area contributed by atoms with Gasteiger partial charge in [-0.25, -0.2) is 14.4 Å². The average Bonchev–Trinajstić information content (AvgIpc) is 2.43. The molecular formula is C15H18FN3O2. The number of hydrogen-bond acceptors (Lipinski definition) is 5. The molecule has 2 aromatic rings. The molecule has 5 nitrogen and oxygen atoms in total. The highest BCUT2D eigenvalue weighted by Gasteiger charge is 2.07. The van der Waals surface area contributed by atoms with E-state index in [0.29, 0.717) is 11.7 Å². The summed E-state index contributed by atoms with van der Waals surface area (Å²) in [5, 5.41) is 12.8. The lowest BCUT2D eigenvalue weighted by Gasteiger charge is -2.13. The first-order chi connectivity index (χ1) is 10.0. The molecule has 1 heterocycles. The number of halogens is 1. The molecule has 0 saturated heterocycles. The summed E-state index contributed by atoms with van der Waals surface area (Å²) in [6.45, 7) is 4.13. The van der Waals surface area contributed by atoms with E-state index >= 15 is 0 Å². The highest BCUT2D eigenvalue weighted by molar-refractivity contribution is 5.27. The van der Waals surface area contributed by atoms with Crippen LogP contribution in [0.25, 0.3) is 0 Å². The first-order valence-corrected chi connectivity index (χ1v) is 6.65. The van der Waals surface area contributed by atoms with Crippen LogP contribution in [0.4, 0.5) is 10.3 Å². The van der Waals surface area contributed by atoms with Gasteiger partial charge in [0.05, 0.1) is 0 Å². The zero-order valence-corrected chi connectivity index (χ0v) is 12.0. The number of aryl methyl sites for hydroxylation is 2. The highest BCUT2D eigenvalue weighted by atomic mass is 19.1. The largest absolute Gasteiger partial charge is 0.491 e.